The van der Waals surface area contributed by atoms with Crippen molar-refractivity contribution in [1.29, 1.82) is 0 Å². The predicted octanol–water partition coefficient (Wildman–Crippen LogP) is 4.33. The number of piperidine rings is 1. The Bertz CT molecular complexity index is 995. The predicted molar refractivity (Wildman–Crippen MR) is 114 cm³/mol. The molecule has 5 heteroatoms. The molecule has 150 valence electrons. The van der Waals surface area contributed by atoms with Crippen LogP contribution in [0.25, 0.3) is 11.1 Å². The van der Waals surface area contributed by atoms with Crippen molar-refractivity contribution in [2.45, 2.75) is 19.8 Å². The lowest BCUT2D eigenvalue weighted by Crippen LogP contribution is -2.41. The standard InChI is InChI=1S/C24H27N3O2/c1-18-6-3-10-23(12-18)29-17-19-7-5-11-27(15-19)24(28)21-9-4-8-20(13-21)22-14-25-26(2)16-22/h3-4,6,8-10,12-14,16,19H,5,7,11,15,17H2,1-2H3/t19-/m1/s1. The zero-order valence-electron chi connectivity index (χ0n) is 17.0. The maximum Gasteiger partial charge on any atom is 0.253 e. The number of aryl methyl sites for hydroxylation is 2. The van der Waals surface area contributed by atoms with Gasteiger partial charge in [-0.1, -0.05) is 24.3 Å². The Hall–Kier alpha value is -3.08. The third-order valence-electron chi connectivity index (χ3n) is 5.43. The summed E-state index contributed by atoms with van der Waals surface area (Å²) in [6.45, 7) is 4.25. The van der Waals surface area contributed by atoms with Crippen LogP contribution in [0.4, 0.5) is 0 Å². The van der Waals surface area contributed by atoms with Crippen molar-refractivity contribution >= 4 is 5.91 Å². The highest BCUT2D eigenvalue weighted by Crippen LogP contribution is 2.24. The quantitative estimate of drug-likeness (QED) is 0.653. The van der Waals surface area contributed by atoms with Gasteiger partial charge in [0.05, 0.1) is 12.8 Å². The molecule has 1 fully saturated rings. The molecule has 1 aliphatic heterocycles. The Kier molecular flexibility index (Phi) is 5.65. The van der Waals surface area contributed by atoms with Gasteiger partial charge in [-0.15, -0.1) is 0 Å². The molecular formula is C24H27N3O2. The van der Waals surface area contributed by atoms with Gasteiger partial charge in [-0.25, -0.2) is 0 Å². The van der Waals surface area contributed by atoms with Gasteiger partial charge in [0.2, 0.25) is 0 Å². The molecule has 29 heavy (non-hydrogen) atoms. The van der Waals surface area contributed by atoms with Crippen molar-refractivity contribution in [3.05, 3.63) is 72.1 Å². The van der Waals surface area contributed by atoms with Crippen LogP contribution >= 0.6 is 0 Å². The molecular weight excluding hydrogens is 362 g/mol. The number of benzene rings is 2. The highest BCUT2D eigenvalue weighted by molar-refractivity contribution is 5.95. The molecule has 2 heterocycles. The van der Waals surface area contributed by atoms with E-state index in [-0.39, 0.29) is 5.91 Å². The van der Waals surface area contributed by atoms with Crippen LogP contribution in [0, 0.1) is 12.8 Å². The number of amides is 1. The second-order valence-electron chi connectivity index (χ2n) is 7.87. The summed E-state index contributed by atoms with van der Waals surface area (Å²) in [6.07, 6.45) is 5.88. The number of hydrogen-bond acceptors (Lipinski definition) is 3. The number of rotatable bonds is 5. The van der Waals surface area contributed by atoms with Gasteiger partial charge < -0.3 is 9.64 Å². The van der Waals surface area contributed by atoms with E-state index in [2.05, 4.69) is 24.2 Å². The fraction of sp³-hybridized carbons (Fsp3) is 0.333. The van der Waals surface area contributed by atoms with E-state index in [9.17, 15) is 4.79 Å². The summed E-state index contributed by atoms with van der Waals surface area (Å²) >= 11 is 0. The Labute approximate surface area is 171 Å². The van der Waals surface area contributed by atoms with E-state index in [0.29, 0.717) is 12.5 Å². The molecule has 1 aliphatic rings. The number of hydrogen-bond donors (Lipinski definition) is 0. The molecule has 2 aromatic carbocycles. The second-order valence-corrected chi connectivity index (χ2v) is 7.87. The van der Waals surface area contributed by atoms with Gasteiger partial charge in [0.25, 0.3) is 5.91 Å². The van der Waals surface area contributed by atoms with E-state index in [0.717, 1.165) is 48.4 Å². The van der Waals surface area contributed by atoms with Crippen molar-refractivity contribution < 1.29 is 9.53 Å². The average molecular weight is 389 g/mol. The van der Waals surface area contributed by atoms with E-state index in [1.807, 2.05) is 60.7 Å². The Balaban J connectivity index is 1.41. The van der Waals surface area contributed by atoms with Crippen LogP contribution in [-0.4, -0.2) is 40.3 Å². The van der Waals surface area contributed by atoms with Gasteiger partial charge in [-0.05, 0) is 55.2 Å². The first-order chi connectivity index (χ1) is 14.1. The van der Waals surface area contributed by atoms with Crippen molar-refractivity contribution in [2.75, 3.05) is 19.7 Å². The minimum Gasteiger partial charge on any atom is -0.493 e. The van der Waals surface area contributed by atoms with Crippen LogP contribution in [0.3, 0.4) is 0 Å². The molecule has 4 rings (SSSR count). The minimum atomic E-state index is 0.0935. The number of nitrogens with zero attached hydrogens (tertiary/aromatic N) is 3. The molecule has 0 radical (unpaired) electrons. The van der Waals surface area contributed by atoms with Gasteiger partial charge in [-0.2, -0.15) is 5.10 Å². The van der Waals surface area contributed by atoms with Gasteiger partial charge in [0.1, 0.15) is 5.75 Å². The van der Waals surface area contributed by atoms with Crippen LogP contribution in [0.5, 0.6) is 5.75 Å². The molecule has 3 aromatic rings. The smallest absolute Gasteiger partial charge is 0.253 e. The Morgan fingerprint density at radius 2 is 2.03 bits per heavy atom. The fourth-order valence-corrected chi connectivity index (χ4v) is 3.89. The van der Waals surface area contributed by atoms with Gasteiger partial charge in [-0.3, -0.25) is 9.48 Å². The lowest BCUT2D eigenvalue weighted by atomic mass is 9.97. The average Bonchev–Trinajstić information content (AvgIpc) is 3.18. The molecule has 0 spiro atoms. The molecule has 1 atom stereocenters. The minimum absolute atomic E-state index is 0.0935. The number of carbonyl (C=O) groups is 1. The van der Waals surface area contributed by atoms with Gasteiger partial charge >= 0.3 is 0 Å². The first kappa shape index (κ1) is 19.2. The van der Waals surface area contributed by atoms with Crippen molar-refractivity contribution in [3.63, 3.8) is 0 Å². The summed E-state index contributed by atoms with van der Waals surface area (Å²) < 4.78 is 7.76. The zero-order valence-corrected chi connectivity index (χ0v) is 17.0. The monoisotopic (exact) mass is 389 g/mol. The molecule has 5 nitrogen and oxygen atoms in total. The van der Waals surface area contributed by atoms with Crippen molar-refractivity contribution in [2.24, 2.45) is 13.0 Å². The number of ether oxygens (including phenoxy) is 1. The molecule has 1 aromatic heterocycles. The zero-order chi connectivity index (χ0) is 20.2. The summed E-state index contributed by atoms with van der Waals surface area (Å²) in [5.41, 5.74) is 3.95. The van der Waals surface area contributed by atoms with E-state index < -0.39 is 0 Å². The number of carbonyl (C=O) groups excluding carboxylic acids is 1. The second kappa shape index (κ2) is 8.52. The van der Waals surface area contributed by atoms with Crippen molar-refractivity contribution in [3.8, 4) is 16.9 Å². The van der Waals surface area contributed by atoms with Gasteiger partial charge in [0, 0.05) is 43.4 Å². The lowest BCUT2D eigenvalue weighted by Gasteiger charge is -2.32. The SMILES string of the molecule is Cc1cccc(OC[C@@H]2CCCN(C(=O)c3cccc(-c4cnn(C)c4)c3)C2)c1. The molecule has 1 saturated heterocycles. The highest BCUT2D eigenvalue weighted by Gasteiger charge is 2.25. The van der Waals surface area contributed by atoms with Crippen LogP contribution in [-0.2, 0) is 7.05 Å². The molecule has 0 unspecified atom stereocenters. The first-order valence-corrected chi connectivity index (χ1v) is 10.2. The number of aromatic nitrogens is 2. The molecule has 0 aliphatic carbocycles. The summed E-state index contributed by atoms with van der Waals surface area (Å²) in [5, 5.41) is 4.23. The van der Waals surface area contributed by atoms with E-state index in [4.69, 9.17) is 4.74 Å². The molecule has 1 amide bonds. The maximum atomic E-state index is 13.1. The third kappa shape index (κ3) is 4.67. The van der Waals surface area contributed by atoms with E-state index in [1.165, 1.54) is 5.56 Å². The first-order valence-electron chi connectivity index (χ1n) is 10.2. The molecule has 0 bridgehead atoms. The molecule has 0 N–H and O–H groups in total. The summed E-state index contributed by atoms with van der Waals surface area (Å²) in [5.74, 6) is 1.35. The number of likely N-dealkylation sites (tertiary alicyclic amines) is 1. The van der Waals surface area contributed by atoms with Crippen LogP contribution in [0.2, 0.25) is 0 Å². The summed E-state index contributed by atoms with van der Waals surface area (Å²) in [4.78, 5) is 15.1. The third-order valence-corrected chi connectivity index (χ3v) is 5.43. The maximum absolute atomic E-state index is 13.1. The van der Waals surface area contributed by atoms with E-state index >= 15 is 0 Å². The summed E-state index contributed by atoms with van der Waals surface area (Å²) in [6, 6.07) is 15.9. The molecule has 0 saturated carbocycles. The lowest BCUT2D eigenvalue weighted by molar-refractivity contribution is 0.0633. The van der Waals surface area contributed by atoms with Crippen molar-refractivity contribution in [1.82, 2.24) is 14.7 Å². The Morgan fingerprint density at radius 3 is 2.83 bits per heavy atom. The van der Waals surface area contributed by atoms with Crippen LogP contribution in [0.1, 0.15) is 28.8 Å². The normalized spacial score (nSPS) is 16.6. The van der Waals surface area contributed by atoms with Gasteiger partial charge in [0.15, 0.2) is 0 Å². The summed E-state index contributed by atoms with van der Waals surface area (Å²) in [7, 11) is 1.89. The highest BCUT2D eigenvalue weighted by atomic mass is 16.5. The van der Waals surface area contributed by atoms with E-state index in [1.54, 1.807) is 4.68 Å². The largest absolute Gasteiger partial charge is 0.493 e. The fourth-order valence-electron chi connectivity index (χ4n) is 3.89. The van der Waals surface area contributed by atoms with Crippen LogP contribution in [0.15, 0.2) is 60.9 Å². The topological polar surface area (TPSA) is 47.4 Å². The van der Waals surface area contributed by atoms with Crippen LogP contribution < -0.4 is 4.74 Å². The Morgan fingerprint density at radius 1 is 1.17 bits per heavy atom.